The first-order chi connectivity index (χ1) is 8.40. The standard InChI is InChI=1S/C12H13N3OS/c16-8-10-2-1-5-15-11(13-14-12(10)15)9-3-6-17-7-4-9/h1-2,5,8-9H,3-4,6-7H2. The number of rotatable bonds is 2. The molecule has 3 heterocycles. The molecule has 3 rings (SSSR count). The summed E-state index contributed by atoms with van der Waals surface area (Å²) in [5.74, 6) is 3.86. The monoisotopic (exact) mass is 247 g/mol. The molecule has 5 heteroatoms. The topological polar surface area (TPSA) is 47.3 Å². The van der Waals surface area contributed by atoms with Crippen molar-refractivity contribution in [3.05, 3.63) is 29.7 Å². The fraction of sp³-hybridized carbons (Fsp3) is 0.417. The van der Waals surface area contributed by atoms with E-state index in [1.54, 1.807) is 6.07 Å². The predicted molar refractivity (Wildman–Crippen MR) is 67.7 cm³/mol. The van der Waals surface area contributed by atoms with Crippen molar-refractivity contribution >= 4 is 23.7 Å². The SMILES string of the molecule is O=Cc1cccn2c(C3CCSCC3)nnc12. The van der Waals surface area contributed by atoms with Gasteiger partial charge in [-0.2, -0.15) is 11.8 Å². The van der Waals surface area contributed by atoms with Crippen LogP contribution in [0.5, 0.6) is 0 Å². The number of aldehydes is 1. The van der Waals surface area contributed by atoms with E-state index in [0.29, 0.717) is 17.1 Å². The highest BCUT2D eigenvalue weighted by molar-refractivity contribution is 7.99. The number of fused-ring (bicyclic) bond motifs is 1. The van der Waals surface area contributed by atoms with Crippen LogP contribution < -0.4 is 0 Å². The molecule has 2 aromatic rings. The molecule has 0 spiro atoms. The average molecular weight is 247 g/mol. The maximum absolute atomic E-state index is 10.9. The zero-order valence-corrected chi connectivity index (χ0v) is 10.2. The Morgan fingerprint density at radius 3 is 2.94 bits per heavy atom. The van der Waals surface area contributed by atoms with Gasteiger partial charge in [0.1, 0.15) is 5.82 Å². The second-order valence-corrected chi connectivity index (χ2v) is 5.44. The van der Waals surface area contributed by atoms with Gasteiger partial charge in [0.2, 0.25) is 0 Å². The van der Waals surface area contributed by atoms with Crippen molar-refractivity contribution in [2.24, 2.45) is 0 Å². The van der Waals surface area contributed by atoms with Crippen molar-refractivity contribution in [2.45, 2.75) is 18.8 Å². The number of nitrogens with zero attached hydrogens (tertiary/aromatic N) is 3. The third-order valence-electron chi connectivity index (χ3n) is 3.20. The molecule has 4 nitrogen and oxygen atoms in total. The molecule has 1 saturated heterocycles. The number of carbonyl (C=O) groups is 1. The Morgan fingerprint density at radius 1 is 1.35 bits per heavy atom. The second kappa shape index (κ2) is 4.49. The molecule has 0 aromatic carbocycles. The summed E-state index contributed by atoms with van der Waals surface area (Å²) in [4.78, 5) is 10.9. The maximum Gasteiger partial charge on any atom is 0.171 e. The lowest BCUT2D eigenvalue weighted by molar-refractivity contribution is 0.112. The minimum Gasteiger partial charge on any atom is -0.298 e. The molecule has 0 bridgehead atoms. The summed E-state index contributed by atoms with van der Waals surface area (Å²) in [6, 6.07) is 3.65. The highest BCUT2D eigenvalue weighted by Crippen LogP contribution is 2.30. The van der Waals surface area contributed by atoms with Gasteiger partial charge in [-0.25, -0.2) is 0 Å². The molecular weight excluding hydrogens is 234 g/mol. The maximum atomic E-state index is 10.9. The van der Waals surface area contributed by atoms with Gasteiger partial charge in [-0.15, -0.1) is 10.2 Å². The highest BCUT2D eigenvalue weighted by Gasteiger charge is 2.21. The van der Waals surface area contributed by atoms with Crippen molar-refractivity contribution in [1.82, 2.24) is 14.6 Å². The van der Waals surface area contributed by atoms with Crippen molar-refractivity contribution in [3.63, 3.8) is 0 Å². The largest absolute Gasteiger partial charge is 0.298 e. The average Bonchev–Trinajstić information content (AvgIpc) is 2.83. The second-order valence-electron chi connectivity index (χ2n) is 4.22. The fourth-order valence-corrected chi connectivity index (χ4v) is 3.39. The van der Waals surface area contributed by atoms with Crippen LogP contribution in [0, 0.1) is 0 Å². The van der Waals surface area contributed by atoms with Gasteiger partial charge in [-0.1, -0.05) is 0 Å². The zero-order chi connectivity index (χ0) is 11.7. The molecule has 88 valence electrons. The molecule has 0 N–H and O–H groups in total. The van der Waals surface area contributed by atoms with Gasteiger partial charge in [-0.05, 0) is 36.5 Å². The Kier molecular flexibility index (Phi) is 2.84. The molecule has 0 unspecified atom stereocenters. The van der Waals surface area contributed by atoms with Crippen LogP contribution in [0.4, 0.5) is 0 Å². The number of hydrogen-bond donors (Lipinski definition) is 0. The molecule has 0 amide bonds. The van der Waals surface area contributed by atoms with Gasteiger partial charge < -0.3 is 0 Å². The van der Waals surface area contributed by atoms with Gasteiger partial charge in [-0.3, -0.25) is 9.20 Å². The van der Waals surface area contributed by atoms with Crippen LogP contribution in [0.25, 0.3) is 5.65 Å². The van der Waals surface area contributed by atoms with E-state index < -0.39 is 0 Å². The Balaban J connectivity index is 2.08. The number of hydrogen-bond acceptors (Lipinski definition) is 4. The fourth-order valence-electron chi connectivity index (χ4n) is 2.28. The Labute approximate surface area is 103 Å². The number of aromatic nitrogens is 3. The first-order valence-corrected chi connectivity index (χ1v) is 6.92. The van der Waals surface area contributed by atoms with Crippen LogP contribution in [0.15, 0.2) is 18.3 Å². The quantitative estimate of drug-likeness (QED) is 0.763. The van der Waals surface area contributed by atoms with E-state index in [1.165, 1.54) is 11.5 Å². The minimum atomic E-state index is 0.480. The first kappa shape index (κ1) is 10.8. The van der Waals surface area contributed by atoms with Crippen LogP contribution in [-0.2, 0) is 0 Å². The first-order valence-electron chi connectivity index (χ1n) is 5.76. The van der Waals surface area contributed by atoms with E-state index in [9.17, 15) is 4.79 Å². The van der Waals surface area contributed by atoms with Crippen molar-refractivity contribution in [3.8, 4) is 0 Å². The van der Waals surface area contributed by atoms with E-state index >= 15 is 0 Å². The van der Waals surface area contributed by atoms with Gasteiger partial charge >= 0.3 is 0 Å². The molecule has 17 heavy (non-hydrogen) atoms. The number of pyridine rings is 1. The van der Waals surface area contributed by atoms with Crippen LogP contribution >= 0.6 is 11.8 Å². The summed E-state index contributed by atoms with van der Waals surface area (Å²) < 4.78 is 1.96. The highest BCUT2D eigenvalue weighted by atomic mass is 32.2. The van der Waals surface area contributed by atoms with Gasteiger partial charge in [0.05, 0.1) is 5.56 Å². The molecule has 0 aliphatic carbocycles. The van der Waals surface area contributed by atoms with Crippen LogP contribution in [-0.4, -0.2) is 32.4 Å². The lowest BCUT2D eigenvalue weighted by Gasteiger charge is -2.19. The molecule has 0 atom stereocenters. The van der Waals surface area contributed by atoms with E-state index in [4.69, 9.17) is 0 Å². The summed E-state index contributed by atoms with van der Waals surface area (Å²) in [6.07, 6.45) is 5.08. The lowest BCUT2D eigenvalue weighted by Crippen LogP contribution is -2.11. The number of carbonyl (C=O) groups excluding carboxylic acids is 1. The third-order valence-corrected chi connectivity index (χ3v) is 4.25. The van der Waals surface area contributed by atoms with Crippen molar-refractivity contribution in [1.29, 1.82) is 0 Å². The Morgan fingerprint density at radius 2 is 2.18 bits per heavy atom. The molecule has 2 aromatic heterocycles. The van der Waals surface area contributed by atoms with E-state index in [0.717, 1.165) is 25.0 Å². The summed E-state index contributed by atoms with van der Waals surface area (Å²) in [5, 5.41) is 8.41. The Hall–Kier alpha value is -1.36. The van der Waals surface area contributed by atoms with E-state index in [1.807, 2.05) is 28.4 Å². The molecule has 1 fully saturated rings. The van der Waals surface area contributed by atoms with Crippen molar-refractivity contribution in [2.75, 3.05) is 11.5 Å². The zero-order valence-electron chi connectivity index (χ0n) is 9.37. The van der Waals surface area contributed by atoms with Crippen molar-refractivity contribution < 1.29 is 4.79 Å². The third kappa shape index (κ3) is 1.84. The summed E-state index contributed by atoms with van der Waals surface area (Å²) in [5.41, 5.74) is 1.28. The summed E-state index contributed by atoms with van der Waals surface area (Å²) in [7, 11) is 0. The molecule has 1 aliphatic heterocycles. The molecule has 0 radical (unpaired) electrons. The van der Waals surface area contributed by atoms with Crippen LogP contribution in [0.1, 0.15) is 34.9 Å². The van der Waals surface area contributed by atoms with Gasteiger partial charge in [0, 0.05) is 12.1 Å². The summed E-state index contributed by atoms with van der Waals surface area (Å²) in [6.45, 7) is 0. The van der Waals surface area contributed by atoms with E-state index in [2.05, 4.69) is 10.2 Å². The Bertz CT molecular complexity index is 546. The normalized spacial score (nSPS) is 17.4. The molecule has 0 saturated carbocycles. The minimum absolute atomic E-state index is 0.480. The predicted octanol–water partition coefficient (Wildman–Crippen LogP) is 2.15. The smallest absolute Gasteiger partial charge is 0.171 e. The van der Waals surface area contributed by atoms with Gasteiger partial charge in [0.15, 0.2) is 11.9 Å². The summed E-state index contributed by atoms with van der Waals surface area (Å²) >= 11 is 2.00. The van der Waals surface area contributed by atoms with Gasteiger partial charge in [0.25, 0.3) is 0 Å². The van der Waals surface area contributed by atoms with E-state index in [-0.39, 0.29) is 0 Å². The molecule has 1 aliphatic rings. The lowest BCUT2D eigenvalue weighted by atomic mass is 10.0. The number of thioether (sulfide) groups is 1. The molecular formula is C12H13N3OS. The van der Waals surface area contributed by atoms with Crippen LogP contribution in [0.3, 0.4) is 0 Å². The van der Waals surface area contributed by atoms with Crippen LogP contribution in [0.2, 0.25) is 0 Å².